The quantitative estimate of drug-likeness (QED) is 0.573. The molecule has 0 atom stereocenters. The number of amides is 2. The Morgan fingerprint density at radius 1 is 1.09 bits per heavy atom. The van der Waals surface area contributed by atoms with Crippen LogP contribution in [0.15, 0.2) is 48.5 Å². The van der Waals surface area contributed by atoms with Crippen LogP contribution in [-0.2, 0) is 17.8 Å². The fraction of sp³-hybridized carbons (Fsp3) is 0.304. The van der Waals surface area contributed by atoms with E-state index in [4.69, 9.17) is 4.74 Å². The predicted octanol–water partition coefficient (Wildman–Crippen LogP) is 2.83. The van der Waals surface area contributed by atoms with Gasteiger partial charge in [-0.2, -0.15) is 0 Å². The maximum Gasteiger partial charge on any atom is 0.286 e. The first-order valence-electron chi connectivity index (χ1n) is 10.5. The van der Waals surface area contributed by atoms with Gasteiger partial charge in [0.15, 0.2) is 0 Å². The number of carbonyl (C=O) groups is 2. The van der Waals surface area contributed by atoms with E-state index < -0.39 is 0 Å². The summed E-state index contributed by atoms with van der Waals surface area (Å²) in [6, 6.07) is 13.1. The maximum atomic E-state index is 13.0. The molecule has 1 aliphatic rings. The van der Waals surface area contributed by atoms with Crippen molar-refractivity contribution < 1.29 is 18.7 Å². The fourth-order valence-electron chi connectivity index (χ4n) is 3.54. The lowest BCUT2D eigenvalue weighted by atomic mass is 10.1. The van der Waals surface area contributed by atoms with Crippen molar-refractivity contribution in [2.24, 2.45) is 0 Å². The third-order valence-corrected chi connectivity index (χ3v) is 6.24. The number of nitrogens with zero attached hydrogens (tertiary/aromatic N) is 4. The van der Waals surface area contributed by atoms with Crippen LogP contribution in [0.25, 0.3) is 0 Å². The Hall–Kier alpha value is -3.37. The molecule has 1 fully saturated rings. The molecule has 0 spiro atoms. The minimum atomic E-state index is -0.377. The van der Waals surface area contributed by atoms with E-state index in [9.17, 15) is 14.0 Å². The number of methoxy groups -OCH3 is 1. The first-order valence-corrected chi connectivity index (χ1v) is 11.3. The molecule has 8 nitrogen and oxygen atoms in total. The number of nitrogens with one attached hydrogen (secondary N) is 1. The highest BCUT2D eigenvalue weighted by atomic mass is 32.1. The van der Waals surface area contributed by atoms with Gasteiger partial charge < -0.3 is 15.0 Å². The Morgan fingerprint density at radius 3 is 2.58 bits per heavy atom. The summed E-state index contributed by atoms with van der Waals surface area (Å²) in [5.74, 6) is 0.0954. The monoisotopic (exact) mass is 469 g/mol. The molecule has 0 aliphatic carbocycles. The molecule has 0 unspecified atom stereocenters. The van der Waals surface area contributed by atoms with Crippen LogP contribution in [0.5, 0.6) is 5.75 Å². The van der Waals surface area contributed by atoms with E-state index in [1.807, 2.05) is 29.2 Å². The Balaban J connectivity index is 1.25. The van der Waals surface area contributed by atoms with Crippen molar-refractivity contribution in [1.82, 2.24) is 20.0 Å². The first-order chi connectivity index (χ1) is 16.0. The standard InChI is InChI=1S/C23H24FN5O3S/c1-32-19-4-2-3-16(13-19)14-21(30)29-11-9-28(10-12-29)15-20-26-27-23(33-20)22(31)25-18-7-5-17(24)6-8-18/h2-8,13H,9-12,14-15H2,1H3,(H,25,31). The number of aromatic nitrogens is 2. The molecule has 1 aromatic heterocycles. The molecular formula is C23H24FN5O3S. The van der Waals surface area contributed by atoms with Crippen LogP contribution < -0.4 is 10.1 Å². The third kappa shape index (κ3) is 6.11. The summed E-state index contributed by atoms with van der Waals surface area (Å²) in [6.45, 7) is 3.29. The molecule has 172 valence electrons. The Labute approximate surface area is 195 Å². The fourth-order valence-corrected chi connectivity index (χ4v) is 4.32. The number of benzene rings is 2. The van der Waals surface area contributed by atoms with Crippen molar-refractivity contribution in [2.45, 2.75) is 13.0 Å². The SMILES string of the molecule is COc1cccc(CC(=O)N2CCN(Cc3nnc(C(=O)Nc4ccc(F)cc4)s3)CC2)c1. The second kappa shape index (κ2) is 10.5. The number of hydrogen-bond acceptors (Lipinski definition) is 7. The van der Waals surface area contributed by atoms with E-state index in [0.717, 1.165) is 29.4 Å². The topological polar surface area (TPSA) is 87.7 Å². The lowest BCUT2D eigenvalue weighted by Gasteiger charge is -2.34. The third-order valence-electron chi connectivity index (χ3n) is 5.34. The molecule has 0 radical (unpaired) electrons. The Bertz CT molecular complexity index is 1110. The second-order valence-electron chi connectivity index (χ2n) is 7.65. The molecule has 1 aliphatic heterocycles. The van der Waals surface area contributed by atoms with Crippen LogP contribution in [-0.4, -0.2) is 65.1 Å². The highest BCUT2D eigenvalue weighted by Gasteiger charge is 2.23. The summed E-state index contributed by atoms with van der Waals surface area (Å²) in [6.07, 6.45) is 0.347. The minimum Gasteiger partial charge on any atom is -0.497 e. The largest absolute Gasteiger partial charge is 0.497 e. The van der Waals surface area contributed by atoms with Gasteiger partial charge in [0.1, 0.15) is 16.6 Å². The first kappa shape index (κ1) is 22.8. The van der Waals surface area contributed by atoms with Gasteiger partial charge in [-0.15, -0.1) is 10.2 Å². The molecule has 0 saturated carbocycles. The van der Waals surface area contributed by atoms with E-state index >= 15 is 0 Å². The molecule has 1 N–H and O–H groups in total. The van der Waals surface area contributed by atoms with Gasteiger partial charge >= 0.3 is 0 Å². The molecular weight excluding hydrogens is 445 g/mol. The van der Waals surface area contributed by atoms with Gasteiger partial charge in [-0.05, 0) is 42.0 Å². The number of halogens is 1. The summed E-state index contributed by atoms with van der Waals surface area (Å²) in [5.41, 5.74) is 1.43. The van der Waals surface area contributed by atoms with Crippen molar-refractivity contribution in [3.63, 3.8) is 0 Å². The normalized spacial score (nSPS) is 14.2. The number of hydrogen-bond donors (Lipinski definition) is 1. The maximum absolute atomic E-state index is 13.0. The van der Waals surface area contributed by atoms with Crippen LogP contribution in [0.4, 0.5) is 10.1 Å². The lowest BCUT2D eigenvalue weighted by molar-refractivity contribution is -0.132. The van der Waals surface area contributed by atoms with E-state index in [1.165, 1.54) is 35.6 Å². The second-order valence-corrected chi connectivity index (χ2v) is 8.71. The molecule has 2 amide bonds. The number of piperazine rings is 1. The highest BCUT2D eigenvalue weighted by molar-refractivity contribution is 7.13. The van der Waals surface area contributed by atoms with Crippen LogP contribution in [0, 0.1) is 5.82 Å². The average Bonchev–Trinajstić information content (AvgIpc) is 3.30. The van der Waals surface area contributed by atoms with Gasteiger partial charge in [-0.3, -0.25) is 14.5 Å². The summed E-state index contributed by atoms with van der Waals surface area (Å²) in [7, 11) is 1.61. The summed E-state index contributed by atoms with van der Waals surface area (Å²) in [4.78, 5) is 29.1. The van der Waals surface area contributed by atoms with Crippen molar-refractivity contribution in [3.05, 3.63) is 69.9 Å². The molecule has 0 bridgehead atoms. The van der Waals surface area contributed by atoms with Gasteiger partial charge in [0.2, 0.25) is 10.9 Å². The number of rotatable bonds is 7. The van der Waals surface area contributed by atoms with E-state index in [0.29, 0.717) is 31.7 Å². The Morgan fingerprint density at radius 2 is 1.85 bits per heavy atom. The van der Waals surface area contributed by atoms with Crippen molar-refractivity contribution in [2.75, 3.05) is 38.6 Å². The lowest BCUT2D eigenvalue weighted by Crippen LogP contribution is -2.48. The van der Waals surface area contributed by atoms with Gasteiger partial charge in [0.25, 0.3) is 5.91 Å². The van der Waals surface area contributed by atoms with Crippen molar-refractivity contribution in [1.29, 1.82) is 0 Å². The van der Waals surface area contributed by atoms with Gasteiger partial charge in [0.05, 0.1) is 20.1 Å². The van der Waals surface area contributed by atoms with Gasteiger partial charge in [-0.1, -0.05) is 23.5 Å². The van der Waals surface area contributed by atoms with E-state index in [-0.39, 0.29) is 22.6 Å². The zero-order chi connectivity index (χ0) is 23.2. The molecule has 3 aromatic rings. The van der Waals surface area contributed by atoms with Crippen LogP contribution in [0.2, 0.25) is 0 Å². The molecule has 4 rings (SSSR count). The van der Waals surface area contributed by atoms with Gasteiger partial charge in [0, 0.05) is 31.9 Å². The molecule has 1 saturated heterocycles. The van der Waals surface area contributed by atoms with Crippen LogP contribution in [0.1, 0.15) is 20.4 Å². The highest BCUT2D eigenvalue weighted by Crippen LogP contribution is 2.17. The summed E-state index contributed by atoms with van der Waals surface area (Å²) in [5, 5.41) is 11.8. The predicted molar refractivity (Wildman–Crippen MR) is 123 cm³/mol. The molecule has 2 aromatic carbocycles. The van der Waals surface area contributed by atoms with Crippen LogP contribution >= 0.6 is 11.3 Å². The Kier molecular flexibility index (Phi) is 7.26. The van der Waals surface area contributed by atoms with Crippen LogP contribution in [0.3, 0.4) is 0 Å². The van der Waals surface area contributed by atoms with E-state index in [1.54, 1.807) is 7.11 Å². The summed E-state index contributed by atoms with van der Waals surface area (Å²) >= 11 is 1.23. The zero-order valence-electron chi connectivity index (χ0n) is 18.2. The molecule has 2 heterocycles. The van der Waals surface area contributed by atoms with E-state index in [2.05, 4.69) is 20.4 Å². The van der Waals surface area contributed by atoms with Crippen molar-refractivity contribution >= 4 is 28.8 Å². The van der Waals surface area contributed by atoms with Gasteiger partial charge in [-0.25, -0.2) is 4.39 Å². The van der Waals surface area contributed by atoms with Crippen molar-refractivity contribution in [3.8, 4) is 5.75 Å². The minimum absolute atomic E-state index is 0.0959. The number of carbonyl (C=O) groups excluding carboxylic acids is 2. The summed E-state index contributed by atoms with van der Waals surface area (Å²) < 4.78 is 18.2. The molecule has 10 heteroatoms. The average molecular weight is 470 g/mol. The smallest absolute Gasteiger partial charge is 0.286 e. The number of anilines is 1. The molecule has 33 heavy (non-hydrogen) atoms. The number of ether oxygens (including phenoxy) is 1. The zero-order valence-corrected chi connectivity index (χ0v) is 19.0.